The van der Waals surface area contributed by atoms with E-state index >= 15 is 0 Å². The zero-order valence-electron chi connectivity index (χ0n) is 9.97. The van der Waals surface area contributed by atoms with Crippen molar-refractivity contribution in [2.24, 2.45) is 0 Å². The predicted molar refractivity (Wildman–Crippen MR) is 71.8 cm³/mol. The monoisotopic (exact) mass is 266 g/mol. The van der Waals surface area contributed by atoms with Gasteiger partial charge in [-0.15, -0.1) is 0 Å². The zero-order valence-corrected chi connectivity index (χ0v) is 10.9. The summed E-state index contributed by atoms with van der Waals surface area (Å²) >= 11 is 4.03. The van der Waals surface area contributed by atoms with Gasteiger partial charge in [-0.3, -0.25) is 9.78 Å². The largest absolute Gasteiger partial charge is 0.417 e. The van der Waals surface area contributed by atoms with Gasteiger partial charge in [0.25, 0.3) is 0 Å². The number of hydrogen-bond donors (Lipinski definition) is 2. The standard InChI is InChI=1S/C12H14N2O3S/c1-14(11(15)4-5-18)7-8-2-3-9-10(6-8)17-12(16)13-9/h2-3,6,18H,4-5,7H2,1H3,(H,13,16). The maximum absolute atomic E-state index is 11.6. The van der Waals surface area contributed by atoms with E-state index in [4.69, 9.17) is 4.42 Å². The van der Waals surface area contributed by atoms with Crippen molar-refractivity contribution >= 4 is 29.6 Å². The highest BCUT2D eigenvalue weighted by atomic mass is 32.1. The van der Waals surface area contributed by atoms with Crippen LogP contribution in [-0.4, -0.2) is 28.6 Å². The van der Waals surface area contributed by atoms with E-state index in [1.165, 1.54) is 0 Å². The number of aromatic amines is 1. The minimum absolute atomic E-state index is 0.0422. The number of thiol groups is 1. The van der Waals surface area contributed by atoms with Crippen LogP contribution in [0, 0.1) is 0 Å². The Bertz CT molecular complexity index is 617. The number of nitrogens with zero attached hydrogens (tertiary/aromatic N) is 1. The van der Waals surface area contributed by atoms with Gasteiger partial charge in [0.05, 0.1) is 5.52 Å². The minimum atomic E-state index is -0.471. The van der Waals surface area contributed by atoms with Gasteiger partial charge in [0.1, 0.15) is 0 Å². The lowest BCUT2D eigenvalue weighted by molar-refractivity contribution is -0.129. The number of nitrogens with one attached hydrogen (secondary N) is 1. The second-order valence-corrected chi connectivity index (χ2v) is 4.52. The Morgan fingerprint density at radius 3 is 3.00 bits per heavy atom. The summed E-state index contributed by atoms with van der Waals surface area (Å²) in [5.74, 6) is 0.108. The topological polar surface area (TPSA) is 66.3 Å². The number of rotatable bonds is 4. The number of carbonyl (C=O) groups is 1. The Morgan fingerprint density at radius 1 is 1.50 bits per heavy atom. The van der Waals surface area contributed by atoms with E-state index in [-0.39, 0.29) is 5.91 Å². The Kier molecular flexibility index (Phi) is 3.76. The number of aromatic nitrogens is 1. The first-order valence-corrected chi connectivity index (χ1v) is 6.20. The molecular formula is C12H14N2O3S. The lowest BCUT2D eigenvalue weighted by Gasteiger charge is -2.16. The first-order valence-electron chi connectivity index (χ1n) is 5.56. The van der Waals surface area contributed by atoms with Crippen molar-refractivity contribution in [3.8, 4) is 0 Å². The van der Waals surface area contributed by atoms with Gasteiger partial charge in [0, 0.05) is 20.0 Å². The molecule has 0 bridgehead atoms. The van der Waals surface area contributed by atoms with Crippen LogP contribution in [0.4, 0.5) is 0 Å². The first-order chi connectivity index (χ1) is 8.60. The van der Waals surface area contributed by atoms with Gasteiger partial charge in [0.2, 0.25) is 5.91 Å². The van der Waals surface area contributed by atoms with Gasteiger partial charge in [-0.2, -0.15) is 12.6 Å². The van der Waals surface area contributed by atoms with Gasteiger partial charge < -0.3 is 9.32 Å². The molecule has 0 radical (unpaired) electrons. The van der Waals surface area contributed by atoms with Crippen molar-refractivity contribution in [1.29, 1.82) is 0 Å². The lowest BCUT2D eigenvalue weighted by atomic mass is 10.2. The number of amides is 1. The average Bonchev–Trinajstić information content (AvgIpc) is 2.68. The molecule has 1 aromatic heterocycles. The number of benzene rings is 1. The van der Waals surface area contributed by atoms with E-state index in [1.807, 2.05) is 6.07 Å². The molecule has 1 N–H and O–H groups in total. The second-order valence-electron chi connectivity index (χ2n) is 4.07. The summed E-state index contributed by atoms with van der Waals surface area (Å²) in [6.45, 7) is 0.484. The fraction of sp³-hybridized carbons (Fsp3) is 0.333. The molecule has 0 atom stereocenters. The van der Waals surface area contributed by atoms with Crippen molar-refractivity contribution in [3.05, 3.63) is 34.3 Å². The fourth-order valence-corrected chi connectivity index (χ4v) is 1.93. The number of H-pyrrole nitrogens is 1. The summed E-state index contributed by atoms with van der Waals surface area (Å²) in [4.78, 5) is 26.8. The third-order valence-electron chi connectivity index (χ3n) is 2.66. The molecule has 2 aromatic rings. The lowest BCUT2D eigenvalue weighted by Crippen LogP contribution is -2.26. The molecule has 0 aliphatic heterocycles. The number of oxazole rings is 1. The molecule has 2 rings (SSSR count). The van der Waals surface area contributed by atoms with Gasteiger partial charge >= 0.3 is 5.76 Å². The van der Waals surface area contributed by atoms with Crippen molar-refractivity contribution < 1.29 is 9.21 Å². The van der Waals surface area contributed by atoms with Crippen LogP contribution in [0.1, 0.15) is 12.0 Å². The summed E-state index contributed by atoms with van der Waals surface area (Å²) in [6, 6.07) is 5.39. The molecule has 5 nitrogen and oxygen atoms in total. The van der Waals surface area contributed by atoms with Crippen LogP contribution in [0.25, 0.3) is 11.1 Å². The molecule has 6 heteroatoms. The molecule has 96 valence electrons. The number of fused-ring (bicyclic) bond motifs is 1. The summed E-state index contributed by atoms with van der Waals surface area (Å²) < 4.78 is 4.97. The molecule has 1 aromatic carbocycles. The first kappa shape index (κ1) is 12.8. The molecule has 0 unspecified atom stereocenters. The Labute approximate surface area is 109 Å². The van der Waals surface area contributed by atoms with E-state index in [2.05, 4.69) is 17.6 Å². The molecule has 18 heavy (non-hydrogen) atoms. The maximum atomic E-state index is 11.6. The van der Waals surface area contributed by atoms with Gasteiger partial charge in [-0.25, -0.2) is 4.79 Å². The van der Waals surface area contributed by atoms with Crippen LogP contribution in [0.15, 0.2) is 27.4 Å². The van der Waals surface area contributed by atoms with Gasteiger partial charge in [0.15, 0.2) is 5.58 Å². The molecule has 0 aliphatic carbocycles. The molecule has 0 saturated carbocycles. The van der Waals surface area contributed by atoms with E-state index < -0.39 is 5.76 Å². The Balaban J connectivity index is 2.16. The normalized spacial score (nSPS) is 10.8. The molecule has 0 aliphatic rings. The molecular weight excluding hydrogens is 252 g/mol. The average molecular weight is 266 g/mol. The second kappa shape index (κ2) is 5.30. The van der Waals surface area contributed by atoms with Crippen molar-refractivity contribution in [2.45, 2.75) is 13.0 Å². The number of hydrogen-bond acceptors (Lipinski definition) is 4. The SMILES string of the molecule is CN(Cc1ccc2[nH]c(=O)oc2c1)C(=O)CCS. The van der Waals surface area contributed by atoms with Gasteiger partial charge in [-0.05, 0) is 23.4 Å². The highest BCUT2D eigenvalue weighted by Crippen LogP contribution is 2.14. The molecule has 0 saturated heterocycles. The highest BCUT2D eigenvalue weighted by Gasteiger charge is 2.09. The third-order valence-corrected chi connectivity index (χ3v) is 2.88. The summed E-state index contributed by atoms with van der Waals surface area (Å²) in [6.07, 6.45) is 0.418. The maximum Gasteiger partial charge on any atom is 0.417 e. The van der Waals surface area contributed by atoms with Crippen LogP contribution in [0.2, 0.25) is 0 Å². The van der Waals surface area contributed by atoms with E-state index in [9.17, 15) is 9.59 Å². The fourth-order valence-electron chi connectivity index (χ4n) is 1.74. The van der Waals surface area contributed by atoms with Crippen molar-refractivity contribution in [3.63, 3.8) is 0 Å². The van der Waals surface area contributed by atoms with Crippen LogP contribution < -0.4 is 5.76 Å². The summed E-state index contributed by atoms with van der Waals surface area (Å²) in [5.41, 5.74) is 2.08. The molecule has 0 fully saturated rings. The van der Waals surface area contributed by atoms with Crippen molar-refractivity contribution in [2.75, 3.05) is 12.8 Å². The summed E-state index contributed by atoms with van der Waals surface area (Å²) in [5, 5.41) is 0. The van der Waals surface area contributed by atoms with Gasteiger partial charge in [-0.1, -0.05) is 6.07 Å². The molecule has 1 amide bonds. The highest BCUT2D eigenvalue weighted by molar-refractivity contribution is 7.80. The van der Waals surface area contributed by atoms with Crippen LogP contribution in [0.5, 0.6) is 0 Å². The van der Waals surface area contributed by atoms with E-state index in [0.29, 0.717) is 29.8 Å². The van der Waals surface area contributed by atoms with Crippen molar-refractivity contribution in [1.82, 2.24) is 9.88 Å². The Hall–Kier alpha value is -1.69. The van der Waals surface area contributed by atoms with Crippen LogP contribution >= 0.6 is 12.6 Å². The van der Waals surface area contributed by atoms with E-state index in [1.54, 1.807) is 24.1 Å². The molecule has 1 heterocycles. The molecule has 0 spiro atoms. The van der Waals surface area contributed by atoms with Crippen LogP contribution in [0.3, 0.4) is 0 Å². The smallest absolute Gasteiger partial charge is 0.408 e. The Morgan fingerprint density at radius 2 is 2.28 bits per heavy atom. The van der Waals surface area contributed by atoms with E-state index in [0.717, 1.165) is 5.56 Å². The quantitative estimate of drug-likeness (QED) is 0.822. The third kappa shape index (κ3) is 2.76. The van der Waals surface area contributed by atoms with Crippen LogP contribution in [-0.2, 0) is 11.3 Å². The minimum Gasteiger partial charge on any atom is -0.408 e. The zero-order chi connectivity index (χ0) is 13.1. The summed E-state index contributed by atoms with van der Waals surface area (Å²) in [7, 11) is 1.74. The number of carbonyl (C=O) groups excluding carboxylic acids is 1. The predicted octanol–water partition coefficient (Wildman–Crippen LogP) is 1.40.